The summed E-state index contributed by atoms with van der Waals surface area (Å²) in [4.78, 5) is 22.0. The Balaban J connectivity index is 2.35. The maximum absolute atomic E-state index is 13.4. The lowest BCUT2D eigenvalue weighted by Crippen LogP contribution is -2.27. The highest BCUT2D eigenvalue weighted by molar-refractivity contribution is 5.99. The molecule has 7 nitrogen and oxygen atoms in total. The number of nitro benzene ring substituents is 1. The molecule has 1 aliphatic rings. The molecule has 0 saturated heterocycles. The lowest BCUT2D eigenvalue weighted by Gasteiger charge is -2.08. The second-order valence-corrected chi connectivity index (χ2v) is 4.54. The Labute approximate surface area is 108 Å². The molecule has 1 amide bonds. The Kier molecular flexibility index (Phi) is 3.34. The van der Waals surface area contributed by atoms with Gasteiger partial charge in [-0.2, -0.15) is 0 Å². The van der Waals surface area contributed by atoms with Gasteiger partial charge in [-0.3, -0.25) is 20.8 Å². The molecule has 0 bridgehead atoms. The number of halogens is 1. The summed E-state index contributed by atoms with van der Waals surface area (Å²) >= 11 is 0. The normalized spacial score (nSPS) is 20.8. The van der Waals surface area contributed by atoms with Crippen LogP contribution in [0.15, 0.2) is 12.1 Å². The van der Waals surface area contributed by atoms with Crippen LogP contribution in [0.3, 0.4) is 0 Å². The molecule has 0 aromatic heterocycles. The first-order valence-electron chi connectivity index (χ1n) is 5.69. The van der Waals surface area contributed by atoms with E-state index >= 15 is 0 Å². The molecule has 0 spiro atoms. The molecule has 102 valence electrons. The quantitative estimate of drug-likeness (QED) is 0.431. The van der Waals surface area contributed by atoms with Crippen LogP contribution in [0.4, 0.5) is 15.8 Å². The number of hydrogen-bond donors (Lipinski definition) is 3. The highest BCUT2D eigenvalue weighted by Crippen LogP contribution is 2.31. The summed E-state index contributed by atoms with van der Waals surface area (Å²) in [6.45, 7) is 1.96. The summed E-state index contributed by atoms with van der Waals surface area (Å²) in [7, 11) is 0. The van der Waals surface area contributed by atoms with Crippen molar-refractivity contribution in [2.75, 3.05) is 5.43 Å². The molecule has 1 aliphatic carbocycles. The van der Waals surface area contributed by atoms with Gasteiger partial charge < -0.3 is 10.7 Å². The number of rotatable bonds is 4. The van der Waals surface area contributed by atoms with Crippen molar-refractivity contribution in [2.45, 2.75) is 19.4 Å². The fraction of sp³-hybridized carbons (Fsp3) is 0.364. The monoisotopic (exact) mass is 268 g/mol. The van der Waals surface area contributed by atoms with Crippen molar-refractivity contribution in [1.29, 1.82) is 0 Å². The lowest BCUT2D eigenvalue weighted by atomic mass is 10.1. The summed E-state index contributed by atoms with van der Waals surface area (Å²) in [5, 5.41) is 13.5. The van der Waals surface area contributed by atoms with Crippen LogP contribution in [-0.4, -0.2) is 16.9 Å². The van der Waals surface area contributed by atoms with Gasteiger partial charge in [0.15, 0.2) is 5.82 Å². The molecule has 2 rings (SSSR count). The lowest BCUT2D eigenvalue weighted by molar-refractivity contribution is -0.385. The average Bonchev–Trinajstić information content (AvgIpc) is 3.04. The summed E-state index contributed by atoms with van der Waals surface area (Å²) in [5.41, 5.74) is 1.10. The number of carbonyl (C=O) groups is 1. The second kappa shape index (κ2) is 4.81. The molecule has 1 aromatic carbocycles. The van der Waals surface area contributed by atoms with Gasteiger partial charge in [0.05, 0.1) is 16.7 Å². The number of hydrazine groups is 1. The Bertz CT molecular complexity index is 549. The first kappa shape index (κ1) is 13.2. The molecular formula is C11H13FN4O3. The number of nitrogens with one attached hydrogen (secondary N) is 2. The maximum Gasteiger partial charge on any atom is 0.285 e. The zero-order chi connectivity index (χ0) is 14.2. The number of carbonyl (C=O) groups excluding carboxylic acids is 1. The van der Waals surface area contributed by atoms with Gasteiger partial charge in [0, 0.05) is 6.04 Å². The fourth-order valence-electron chi connectivity index (χ4n) is 1.78. The number of benzene rings is 1. The van der Waals surface area contributed by atoms with E-state index in [2.05, 4.69) is 10.7 Å². The van der Waals surface area contributed by atoms with Crippen molar-refractivity contribution >= 4 is 17.3 Å². The van der Waals surface area contributed by atoms with Gasteiger partial charge in [0.2, 0.25) is 0 Å². The van der Waals surface area contributed by atoms with E-state index in [9.17, 15) is 19.3 Å². The molecule has 8 heteroatoms. The van der Waals surface area contributed by atoms with Crippen molar-refractivity contribution in [2.24, 2.45) is 11.8 Å². The van der Waals surface area contributed by atoms with Crippen LogP contribution in [-0.2, 0) is 0 Å². The third-order valence-corrected chi connectivity index (χ3v) is 3.11. The van der Waals surface area contributed by atoms with Gasteiger partial charge in [-0.25, -0.2) is 4.39 Å². The Morgan fingerprint density at radius 2 is 2.21 bits per heavy atom. The largest absolute Gasteiger partial charge is 0.349 e. The molecule has 2 unspecified atom stereocenters. The highest BCUT2D eigenvalue weighted by Gasteiger charge is 2.35. The number of nitrogens with zero attached hydrogens (tertiary/aromatic N) is 1. The molecule has 1 aromatic rings. The van der Waals surface area contributed by atoms with Gasteiger partial charge in [-0.05, 0) is 18.4 Å². The predicted octanol–water partition coefficient (Wildman–Crippen LogP) is 1.16. The Morgan fingerprint density at radius 1 is 1.58 bits per heavy atom. The van der Waals surface area contributed by atoms with Crippen LogP contribution in [0.1, 0.15) is 23.7 Å². The third kappa shape index (κ3) is 2.63. The molecule has 2 atom stereocenters. The van der Waals surface area contributed by atoms with Gasteiger partial charge in [0.25, 0.3) is 11.6 Å². The molecule has 0 heterocycles. The van der Waals surface area contributed by atoms with E-state index in [1.54, 1.807) is 0 Å². The first-order chi connectivity index (χ1) is 8.93. The molecular weight excluding hydrogens is 255 g/mol. The van der Waals surface area contributed by atoms with E-state index in [1.807, 2.05) is 6.92 Å². The smallest absolute Gasteiger partial charge is 0.285 e. The Morgan fingerprint density at radius 3 is 2.68 bits per heavy atom. The highest BCUT2D eigenvalue weighted by atomic mass is 19.1. The third-order valence-electron chi connectivity index (χ3n) is 3.11. The Hall–Kier alpha value is -2.22. The van der Waals surface area contributed by atoms with E-state index in [0.717, 1.165) is 12.5 Å². The van der Waals surface area contributed by atoms with Crippen molar-refractivity contribution < 1.29 is 14.1 Å². The van der Waals surface area contributed by atoms with Crippen LogP contribution < -0.4 is 16.6 Å². The summed E-state index contributed by atoms with van der Waals surface area (Å²) in [6.07, 6.45) is 0.836. The van der Waals surface area contributed by atoms with E-state index < -0.39 is 22.3 Å². The van der Waals surface area contributed by atoms with Gasteiger partial charge in [-0.15, -0.1) is 0 Å². The topological polar surface area (TPSA) is 110 Å². The molecule has 0 aliphatic heterocycles. The number of amides is 1. The SMILES string of the molecule is CC1CC1NC(=O)c1cc(NN)c(F)cc1[N+](=O)[O-]. The first-order valence-corrected chi connectivity index (χ1v) is 5.69. The van der Waals surface area contributed by atoms with Crippen LogP contribution in [0.2, 0.25) is 0 Å². The zero-order valence-corrected chi connectivity index (χ0v) is 10.1. The summed E-state index contributed by atoms with van der Waals surface area (Å²) < 4.78 is 13.4. The maximum atomic E-state index is 13.4. The number of anilines is 1. The minimum absolute atomic E-state index is 0.0199. The van der Waals surface area contributed by atoms with Gasteiger partial charge in [0.1, 0.15) is 5.56 Å². The fourth-order valence-corrected chi connectivity index (χ4v) is 1.78. The molecule has 1 saturated carbocycles. The van der Waals surface area contributed by atoms with Crippen LogP contribution in [0.5, 0.6) is 0 Å². The molecule has 0 radical (unpaired) electrons. The predicted molar refractivity (Wildman–Crippen MR) is 65.9 cm³/mol. The van der Waals surface area contributed by atoms with Crippen molar-refractivity contribution in [1.82, 2.24) is 5.32 Å². The number of nitrogen functional groups attached to an aromatic ring is 1. The minimum Gasteiger partial charge on any atom is -0.349 e. The second-order valence-electron chi connectivity index (χ2n) is 4.54. The standard InChI is InChI=1S/C11H13FN4O3/c1-5-2-8(5)14-11(17)6-3-9(15-13)7(12)4-10(6)16(18)19/h3-5,8,15H,2,13H2,1H3,(H,14,17). The number of nitrogens with two attached hydrogens (primary N) is 1. The van der Waals surface area contributed by atoms with E-state index in [-0.39, 0.29) is 17.3 Å². The van der Waals surface area contributed by atoms with Crippen LogP contribution >= 0.6 is 0 Å². The minimum atomic E-state index is -0.884. The van der Waals surface area contributed by atoms with Crippen molar-refractivity contribution in [3.63, 3.8) is 0 Å². The summed E-state index contributed by atoms with van der Waals surface area (Å²) in [6, 6.07) is 1.74. The van der Waals surface area contributed by atoms with Gasteiger partial charge in [-0.1, -0.05) is 6.92 Å². The van der Waals surface area contributed by atoms with E-state index in [1.165, 1.54) is 0 Å². The average molecular weight is 268 g/mol. The van der Waals surface area contributed by atoms with Crippen molar-refractivity contribution in [3.05, 3.63) is 33.6 Å². The molecule has 4 N–H and O–H groups in total. The van der Waals surface area contributed by atoms with Gasteiger partial charge >= 0.3 is 0 Å². The zero-order valence-electron chi connectivity index (χ0n) is 10.1. The number of nitro groups is 1. The van der Waals surface area contributed by atoms with E-state index in [0.29, 0.717) is 12.0 Å². The van der Waals surface area contributed by atoms with Crippen LogP contribution in [0, 0.1) is 21.8 Å². The van der Waals surface area contributed by atoms with E-state index in [4.69, 9.17) is 5.84 Å². The van der Waals surface area contributed by atoms with Crippen molar-refractivity contribution in [3.8, 4) is 0 Å². The molecule has 19 heavy (non-hydrogen) atoms. The number of hydrogen-bond acceptors (Lipinski definition) is 5. The molecule has 1 fully saturated rings. The van der Waals surface area contributed by atoms with Crippen LogP contribution in [0.25, 0.3) is 0 Å². The summed E-state index contributed by atoms with van der Waals surface area (Å²) in [5.74, 6) is 3.96.